The maximum atomic E-state index is 11.9. The Kier molecular flexibility index (Phi) is 6.67. The Balaban J connectivity index is 2.56. The van der Waals surface area contributed by atoms with Crippen molar-refractivity contribution in [2.24, 2.45) is 5.92 Å². The number of rotatable bonds is 7. The van der Waals surface area contributed by atoms with E-state index < -0.39 is 0 Å². The van der Waals surface area contributed by atoms with Gasteiger partial charge in [0.05, 0.1) is 10.7 Å². The molecule has 1 aromatic rings. The number of hydrogen-bond acceptors (Lipinski definition) is 3. The quantitative estimate of drug-likeness (QED) is 0.673. The van der Waals surface area contributed by atoms with Gasteiger partial charge in [-0.05, 0) is 37.0 Å². The maximum absolute atomic E-state index is 11.9. The molecule has 0 bridgehead atoms. The molecule has 0 saturated heterocycles. The molecule has 1 unspecified atom stereocenters. The lowest BCUT2D eigenvalue weighted by Gasteiger charge is -2.15. The summed E-state index contributed by atoms with van der Waals surface area (Å²) in [5.74, 6) is 0.143. The van der Waals surface area contributed by atoms with Crippen LogP contribution in [-0.2, 0) is 0 Å². The number of aliphatic hydroxyl groups excluding tert-OH is 1. The first-order valence-electron chi connectivity index (χ1n) is 6.52. The molecule has 1 rings (SSSR count). The average molecular weight is 285 g/mol. The predicted octanol–water partition coefficient (Wildman–Crippen LogP) is 2.45. The van der Waals surface area contributed by atoms with Crippen LogP contribution in [0, 0.1) is 5.92 Å². The lowest BCUT2D eigenvalue weighted by atomic mass is 10.00. The highest BCUT2D eigenvalue weighted by atomic mass is 35.5. The Morgan fingerprint density at radius 1 is 1.47 bits per heavy atom. The number of nitrogens with two attached hydrogens (primary N) is 1. The molecule has 106 valence electrons. The van der Waals surface area contributed by atoms with Gasteiger partial charge in [-0.1, -0.05) is 24.9 Å². The first kappa shape index (κ1) is 15.8. The van der Waals surface area contributed by atoms with Crippen LogP contribution in [0.25, 0.3) is 0 Å². The second-order valence-electron chi connectivity index (χ2n) is 4.61. The molecule has 0 spiro atoms. The number of nitrogen functional groups attached to an aromatic ring is 1. The Morgan fingerprint density at radius 3 is 2.79 bits per heavy atom. The van der Waals surface area contributed by atoms with Gasteiger partial charge in [0, 0.05) is 18.7 Å². The van der Waals surface area contributed by atoms with Crippen LogP contribution in [0.5, 0.6) is 0 Å². The standard InChI is InChI=1S/C14H21ClN2O2/c1-2-3-10(6-7-18)9-17-14(19)11-4-5-13(16)12(15)8-11/h4-5,8,10,18H,2-3,6-7,9,16H2,1H3,(H,17,19). The Morgan fingerprint density at radius 2 is 2.21 bits per heavy atom. The van der Waals surface area contributed by atoms with Crippen molar-refractivity contribution in [2.45, 2.75) is 26.2 Å². The summed E-state index contributed by atoms with van der Waals surface area (Å²) in [5, 5.41) is 12.2. The lowest BCUT2D eigenvalue weighted by molar-refractivity contribution is 0.0943. The maximum Gasteiger partial charge on any atom is 0.251 e. The Bertz CT molecular complexity index is 418. The molecule has 0 aliphatic heterocycles. The molecule has 0 heterocycles. The molecule has 0 aliphatic carbocycles. The summed E-state index contributed by atoms with van der Waals surface area (Å²) in [7, 11) is 0. The minimum atomic E-state index is -0.166. The first-order valence-corrected chi connectivity index (χ1v) is 6.90. The van der Waals surface area contributed by atoms with Crippen molar-refractivity contribution in [1.82, 2.24) is 5.32 Å². The number of amides is 1. The van der Waals surface area contributed by atoms with Crippen molar-refractivity contribution in [3.8, 4) is 0 Å². The summed E-state index contributed by atoms with van der Waals surface area (Å²) < 4.78 is 0. The molecule has 5 heteroatoms. The van der Waals surface area contributed by atoms with E-state index in [4.69, 9.17) is 22.4 Å². The molecule has 0 fully saturated rings. The molecular weight excluding hydrogens is 264 g/mol. The molecule has 1 atom stereocenters. The number of aliphatic hydroxyl groups is 1. The van der Waals surface area contributed by atoms with Crippen molar-refractivity contribution in [1.29, 1.82) is 0 Å². The molecule has 19 heavy (non-hydrogen) atoms. The molecule has 0 radical (unpaired) electrons. The van der Waals surface area contributed by atoms with E-state index >= 15 is 0 Å². The number of carbonyl (C=O) groups excluding carboxylic acids is 1. The van der Waals surface area contributed by atoms with Gasteiger partial charge in [-0.2, -0.15) is 0 Å². The Labute approximate surface area is 118 Å². The van der Waals surface area contributed by atoms with E-state index in [-0.39, 0.29) is 12.5 Å². The van der Waals surface area contributed by atoms with Crippen LogP contribution in [0.3, 0.4) is 0 Å². The summed E-state index contributed by atoms with van der Waals surface area (Å²) in [6, 6.07) is 4.83. The van der Waals surface area contributed by atoms with Crippen LogP contribution in [-0.4, -0.2) is 24.2 Å². The zero-order valence-corrected chi connectivity index (χ0v) is 11.9. The third-order valence-electron chi connectivity index (χ3n) is 3.05. The number of hydrogen-bond donors (Lipinski definition) is 3. The largest absolute Gasteiger partial charge is 0.398 e. The van der Waals surface area contributed by atoms with E-state index in [0.29, 0.717) is 35.2 Å². The van der Waals surface area contributed by atoms with Crippen molar-refractivity contribution < 1.29 is 9.90 Å². The first-order chi connectivity index (χ1) is 9.08. The summed E-state index contributed by atoms with van der Waals surface area (Å²) in [4.78, 5) is 11.9. The zero-order chi connectivity index (χ0) is 14.3. The molecule has 4 nitrogen and oxygen atoms in total. The predicted molar refractivity (Wildman–Crippen MR) is 78.3 cm³/mol. The zero-order valence-electron chi connectivity index (χ0n) is 11.2. The molecule has 1 aromatic carbocycles. The van der Waals surface area contributed by atoms with Gasteiger partial charge in [-0.15, -0.1) is 0 Å². The fraction of sp³-hybridized carbons (Fsp3) is 0.500. The third-order valence-corrected chi connectivity index (χ3v) is 3.38. The minimum Gasteiger partial charge on any atom is -0.398 e. The highest BCUT2D eigenvalue weighted by Gasteiger charge is 2.11. The average Bonchev–Trinajstić information content (AvgIpc) is 2.39. The highest BCUT2D eigenvalue weighted by molar-refractivity contribution is 6.33. The van der Waals surface area contributed by atoms with E-state index in [0.717, 1.165) is 12.8 Å². The molecule has 0 saturated carbocycles. The molecule has 0 aliphatic rings. The highest BCUT2D eigenvalue weighted by Crippen LogP contribution is 2.19. The second kappa shape index (κ2) is 8.02. The van der Waals surface area contributed by atoms with E-state index in [2.05, 4.69) is 12.2 Å². The van der Waals surface area contributed by atoms with Gasteiger partial charge in [0.2, 0.25) is 0 Å². The van der Waals surface area contributed by atoms with Gasteiger partial charge in [0.1, 0.15) is 0 Å². The smallest absolute Gasteiger partial charge is 0.251 e. The molecule has 1 amide bonds. The summed E-state index contributed by atoms with van der Waals surface area (Å²) >= 11 is 5.88. The van der Waals surface area contributed by atoms with Crippen molar-refractivity contribution in [3.05, 3.63) is 28.8 Å². The summed E-state index contributed by atoms with van der Waals surface area (Å²) in [5.41, 5.74) is 6.56. The van der Waals surface area contributed by atoms with Crippen molar-refractivity contribution >= 4 is 23.2 Å². The van der Waals surface area contributed by atoms with Gasteiger partial charge >= 0.3 is 0 Å². The van der Waals surface area contributed by atoms with Crippen molar-refractivity contribution in [2.75, 3.05) is 18.9 Å². The topological polar surface area (TPSA) is 75.3 Å². The minimum absolute atomic E-state index is 0.147. The van der Waals surface area contributed by atoms with E-state index in [1.807, 2.05) is 0 Å². The summed E-state index contributed by atoms with van der Waals surface area (Å²) in [6.45, 7) is 2.80. The number of benzene rings is 1. The summed E-state index contributed by atoms with van der Waals surface area (Å²) in [6.07, 6.45) is 2.73. The Hall–Kier alpha value is -1.26. The molecule has 4 N–H and O–H groups in total. The number of anilines is 1. The number of nitrogens with one attached hydrogen (secondary N) is 1. The van der Waals surface area contributed by atoms with Gasteiger partial charge < -0.3 is 16.2 Å². The van der Waals surface area contributed by atoms with Crippen LogP contribution in [0.1, 0.15) is 36.5 Å². The van der Waals surface area contributed by atoms with Crippen LogP contribution < -0.4 is 11.1 Å². The lowest BCUT2D eigenvalue weighted by Crippen LogP contribution is -2.29. The van der Waals surface area contributed by atoms with Crippen LogP contribution in [0.2, 0.25) is 5.02 Å². The van der Waals surface area contributed by atoms with Crippen LogP contribution >= 0.6 is 11.6 Å². The van der Waals surface area contributed by atoms with Gasteiger partial charge in [-0.25, -0.2) is 0 Å². The van der Waals surface area contributed by atoms with Gasteiger partial charge in [-0.3, -0.25) is 4.79 Å². The van der Waals surface area contributed by atoms with Crippen LogP contribution in [0.4, 0.5) is 5.69 Å². The van der Waals surface area contributed by atoms with E-state index in [1.54, 1.807) is 18.2 Å². The number of carbonyl (C=O) groups is 1. The second-order valence-corrected chi connectivity index (χ2v) is 5.02. The monoisotopic (exact) mass is 284 g/mol. The normalized spacial score (nSPS) is 12.2. The molecule has 0 aromatic heterocycles. The van der Waals surface area contributed by atoms with Gasteiger partial charge in [0.25, 0.3) is 5.91 Å². The van der Waals surface area contributed by atoms with Gasteiger partial charge in [0.15, 0.2) is 0 Å². The fourth-order valence-electron chi connectivity index (χ4n) is 1.95. The third kappa shape index (κ3) is 5.09. The molecular formula is C14H21ClN2O2. The van der Waals surface area contributed by atoms with E-state index in [9.17, 15) is 4.79 Å². The van der Waals surface area contributed by atoms with Crippen molar-refractivity contribution in [3.63, 3.8) is 0 Å². The van der Waals surface area contributed by atoms with E-state index in [1.165, 1.54) is 0 Å². The number of halogens is 1. The fourth-order valence-corrected chi connectivity index (χ4v) is 2.13. The SMILES string of the molecule is CCCC(CCO)CNC(=O)c1ccc(N)c(Cl)c1. The van der Waals surface area contributed by atoms with Crippen LogP contribution in [0.15, 0.2) is 18.2 Å².